The van der Waals surface area contributed by atoms with Crippen molar-refractivity contribution in [2.24, 2.45) is 0 Å². The van der Waals surface area contributed by atoms with Crippen LogP contribution < -0.4 is 0 Å². The second-order valence-corrected chi connectivity index (χ2v) is 12.6. The molecular formula is C46H27N5. The molecule has 8 aromatic rings. The zero-order valence-electron chi connectivity index (χ0n) is 27.4. The molecule has 0 radical (unpaired) electrons. The summed E-state index contributed by atoms with van der Waals surface area (Å²) < 4.78 is 4.42. The third-order valence-corrected chi connectivity index (χ3v) is 9.90. The molecule has 6 aromatic carbocycles. The van der Waals surface area contributed by atoms with E-state index in [4.69, 9.17) is 0 Å². The molecule has 2 aromatic heterocycles. The highest BCUT2D eigenvalue weighted by Crippen LogP contribution is 2.39. The van der Waals surface area contributed by atoms with Crippen molar-refractivity contribution >= 4 is 38.8 Å². The smallest absolute Gasteiger partial charge is 0.101 e. The molecule has 0 amide bonds. The van der Waals surface area contributed by atoms with Crippen molar-refractivity contribution in [2.45, 2.75) is 6.42 Å². The fraction of sp³-hybridized carbons (Fsp3) is 0.0217. The summed E-state index contributed by atoms with van der Waals surface area (Å²) in [6.07, 6.45) is 6.42. The van der Waals surface area contributed by atoms with Crippen LogP contribution in [0.5, 0.6) is 0 Å². The highest BCUT2D eigenvalue weighted by molar-refractivity contribution is 6.09. The maximum Gasteiger partial charge on any atom is 0.101 e. The van der Waals surface area contributed by atoms with E-state index in [9.17, 15) is 15.8 Å². The number of nitrogens with zero attached hydrogens (tertiary/aromatic N) is 5. The molecule has 9 rings (SSSR count). The first kappa shape index (κ1) is 29.7. The Bertz CT molecular complexity index is 2860. The number of rotatable bonds is 4. The Hall–Kier alpha value is -7.39. The lowest BCUT2D eigenvalue weighted by molar-refractivity contribution is 1.00. The monoisotopic (exact) mass is 649 g/mol. The number of fused-ring (bicyclic) bond motifs is 6. The Morgan fingerprint density at radius 2 is 1.18 bits per heavy atom. The van der Waals surface area contributed by atoms with E-state index >= 15 is 0 Å². The van der Waals surface area contributed by atoms with Gasteiger partial charge in [0.15, 0.2) is 0 Å². The number of hydrogen-bond acceptors (Lipinski definition) is 3. The molecule has 1 aliphatic rings. The average Bonchev–Trinajstić information content (AvgIpc) is 3.60. The van der Waals surface area contributed by atoms with Crippen LogP contribution in [0.2, 0.25) is 0 Å². The molecule has 0 fully saturated rings. The van der Waals surface area contributed by atoms with Gasteiger partial charge in [-0.2, -0.15) is 15.8 Å². The second-order valence-electron chi connectivity index (χ2n) is 12.6. The minimum absolute atomic E-state index is 0.579. The predicted molar refractivity (Wildman–Crippen MR) is 204 cm³/mol. The lowest BCUT2D eigenvalue weighted by Gasteiger charge is -2.17. The Labute approximate surface area is 294 Å². The molecule has 236 valence electrons. The van der Waals surface area contributed by atoms with Crippen molar-refractivity contribution in [2.75, 3.05) is 0 Å². The molecule has 0 atom stereocenters. The van der Waals surface area contributed by atoms with Gasteiger partial charge in [0.2, 0.25) is 0 Å². The molecule has 0 bridgehead atoms. The summed E-state index contributed by atoms with van der Waals surface area (Å²) in [6.45, 7) is 0. The number of allylic oxidation sites excluding steroid dienone is 3. The number of nitriles is 3. The van der Waals surface area contributed by atoms with E-state index < -0.39 is 0 Å². The highest BCUT2D eigenvalue weighted by Gasteiger charge is 2.22. The topological polar surface area (TPSA) is 81.2 Å². The first-order valence-corrected chi connectivity index (χ1v) is 16.8. The predicted octanol–water partition coefficient (Wildman–Crippen LogP) is 10.8. The Morgan fingerprint density at radius 1 is 0.529 bits per heavy atom. The summed E-state index contributed by atoms with van der Waals surface area (Å²) in [6, 6.07) is 52.4. The van der Waals surface area contributed by atoms with E-state index in [0.29, 0.717) is 23.1 Å². The van der Waals surface area contributed by atoms with E-state index in [1.165, 1.54) is 10.8 Å². The van der Waals surface area contributed by atoms with Gasteiger partial charge in [-0.25, -0.2) is 0 Å². The molecule has 5 heteroatoms. The summed E-state index contributed by atoms with van der Waals surface area (Å²) in [4.78, 5) is 0. The summed E-state index contributed by atoms with van der Waals surface area (Å²) >= 11 is 0. The lowest BCUT2D eigenvalue weighted by atomic mass is 9.96. The largest absolute Gasteiger partial charge is 0.311 e. The molecule has 1 aliphatic carbocycles. The fourth-order valence-corrected chi connectivity index (χ4v) is 7.66. The second kappa shape index (κ2) is 11.9. The van der Waals surface area contributed by atoms with Crippen LogP contribution in [-0.2, 0) is 6.42 Å². The van der Waals surface area contributed by atoms with Crippen LogP contribution in [0.25, 0.3) is 72.4 Å². The summed E-state index contributed by atoms with van der Waals surface area (Å²) in [5.74, 6) is 0. The van der Waals surface area contributed by atoms with Gasteiger partial charge in [0, 0.05) is 45.1 Å². The molecule has 0 unspecified atom stereocenters. The number of para-hydroxylation sites is 4. The first-order chi connectivity index (χ1) is 25.2. The standard InChI is InChI=1S/C46H27N5/c47-27-30-9-7-18-45-41(25-30)40-14-8-10-33(28-48)46(40)51(45)42-15-4-1-11-37(42)32-21-19-31(20-22-32)36-24-23-35(26-34(36)29-49)50-43-16-5-2-12-38(43)39-13-3-6-17-44(39)50/h1-17,19-26H,18H2. The fourth-order valence-electron chi connectivity index (χ4n) is 7.66. The minimum Gasteiger partial charge on any atom is -0.311 e. The van der Waals surface area contributed by atoms with Crippen LogP contribution in [-0.4, -0.2) is 9.13 Å². The molecule has 0 aliphatic heterocycles. The van der Waals surface area contributed by atoms with Crippen LogP contribution >= 0.6 is 0 Å². The minimum atomic E-state index is 0.579. The maximum atomic E-state index is 10.4. The van der Waals surface area contributed by atoms with Crippen molar-refractivity contribution in [1.29, 1.82) is 15.8 Å². The van der Waals surface area contributed by atoms with Crippen LogP contribution in [0.15, 0.2) is 151 Å². The quantitative estimate of drug-likeness (QED) is 0.190. The zero-order chi connectivity index (χ0) is 34.5. The summed E-state index contributed by atoms with van der Waals surface area (Å²) in [7, 11) is 0. The summed E-state index contributed by atoms with van der Waals surface area (Å²) in [5.41, 5.74) is 12.5. The Balaban J connectivity index is 1.15. The van der Waals surface area contributed by atoms with Gasteiger partial charge in [-0.1, -0.05) is 103 Å². The van der Waals surface area contributed by atoms with Gasteiger partial charge in [-0.05, 0) is 65.2 Å². The van der Waals surface area contributed by atoms with E-state index in [-0.39, 0.29) is 0 Å². The Kier molecular flexibility index (Phi) is 6.96. The molecule has 2 heterocycles. The van der Waals surface area contributed by atoms with Crippen molar-refractivity contribution in [3.05, 3.63) is 174 Å². The number of hydrogen-bond donors (Lipinski definition) is 0. The van der Waals surface area contributed by atoms with Crippen molar-refractivity contribution in [3.8, 4) is 51.8 Å². The van der Waals surface area contributed by atoms with Crippen molar-refractivity contribution < 1.29 is 0 Å². The van der Waals surface area contributed by atoms with Gasteiger partial charge < -0.3 is 9.13 Å². The highest BCUT2D eigenvalue weighted by atomic mass is 15.0. The van der Waals surface area contributed by atoms with Gasteiger partial charge >= 0.3 is 0 Å². The molecule has 0 saturated carbocycles. The SMILES string of the molecule is N#CC1=Cc2c(n(-c3ccccc3-c3ccc(-c4ccc(-n5c6ccccc6c6ccccc65)cc4C#N)cc3)c3c(C#N)cccc23)CC=C1. The first-order valence-electron chi connectivity index (χ1n) is 16.8. The molecule has 0 N–H and O–H groups in total. The maximum absolute atomic E-state index is 10.4. The van der Waals surface area contributed by atoms with Crippen molar-refractivity contribution in [3.63, 3.8) is 0 Å². The van der Waals surface area contributed by atoms with Crippen molar-refractivity contribution in [1.82, 2.24) is 9.13 Å². The van der Waals surface area contributed by atoms with Gasteiger partial charge in [0.05, 0.1) is 51.1 Å². The normalized spacial score (nSPS) is 12.2. The van der Waals surface area contributed by atoms with Gasteiger partial charge in [0.25, 0.3) is 0 Å². The Morgan fingerprint density at radius 3 is 1.88 bits per heavy atom. The average molecular weight is 650 g/mol. The van der Waals surface area contributed by atoms with Crippen LogP contribution in [0, 0.1) is 34.0 Å². The molecule has 0 saturated heterocycles. The van der Waals surface area contributed by atoms with Crippen LogP contribution in [0.3, 0.4) is 0 Å². The molecule has 5 nitrogen and oxygen atoms in total. The lowest BCUT2D eigenvalue weighted by Crippen LogP contribution is -2.03. The van der Waals surface area contributed by atoms with E-state index in [2.05, 4.69) is 106 Å². The van der Waals surface area contributed by atoms with E-state index in [1.807, 2.05) is 72.8 Å². The van der Waals surface area contributed by atoms with Crippen LogP contribution in [0.4, 0.5) is 0 Å². The van der Waals surface area contributed by atoms with Crippen LogP contribution in [0.1, 0.15) is 22.4 Å². The van der Waals surface area contributed by atoms with E-state index in [1.54, 1.807) is 0 Å². The zero-order valence-corrected chi connectivity index (χ0v) is 27.4. The number of aromatic nitrogens is 2. The third-order valence-electron chi connectivity index (χ3n) is 9.90. The molecule has 0 spiro atoms. The summed E-state index contributed by atoms with van der Waals surface area (Å²) in [5, 5.41) is 33.6. The van der Waals surface area contributed by atoms with Gasteiger partial charge in [-0.3, -0.25) is 0 Å². The molecular weight excluding hydrogens is 623 g/mol. The van der Waals surface area contributed by atoms with Gasteiger partial charge in [-0.15, -0.1) is 0 Å². The molecule has 51 heavy (non-hydrogen) atoms. The number of benzene rings is 6. The van der Waals surface area contributed by atoms with Gasteiger partial charge in [0.1, 0.15) is 6.07 Å². The third kappa shape index (κ3) is 4.67. The van der Waals surface area contributed by atoms with E-state index in [0.717, 1.165) is 66.8 Å².